The van der Waals surface area contributed by atoms with Crippen LogP contribution in [-0.2, 0) is 6.42 Å². The Morgan fingerprint density at radius 3 is 2.33 bits per heavy atom. The van der Waals surface area contributed by atoms with Crippen molar-refractivity contribution >= 4 is 11.6 Å². The fourth-order valence-corrected chi connectivity index (χ4v) is 2.27. The van der Waals surface area contributed by atoms with Gasteiger partial charge in [-0.05, 0) is 32.6 Å². The molecule has 0 saturated carbocycles. The molecule has 0 radical (unpaired) electrons. The topological polar surface area (TPSA) is 41.0 Å². The summed E-state index contributed by atoms with van der Waals surface area (Å²) in [6, 6.07) is 2.54. The Kier molecular flexibility index (Phi) is 7.48. The number of aromatic nitrogens is 2. The molecule has 0 aliphatic carbocycles. The number of nitrogens with zero attached hydrogens (tertiary/aromatic N) is 3. The van der Waals surface area contributed by atoms with Crippen LogP contribution in [0.3, 0.4) is 0 Å². The van der Waals surface area contributed by atoms with Gasteiger partial charge < -0.3 is 10.2 Å². The van der Waals surface area contributed by atoms with E-state index in [0.29, 0.717) is 12.0 Å². The van der Waals surface area contributed by atoms with E-state index in [9.17, 15) is 0 Å². The Balaban J connectivity index is 3.08. The van der Waals surface area contributed by atoms with Crippen LogP contribution in [0.15, 0.2) is 6.07 Å². The summed E-state index contributed by atoms with van der Waals surface area (Å²) in [5.74, 6) is 3.57. The summed E-state index contributed by atoms with van der Waals surface area (Å²) in [5.41, 5.74) is 0. The highest BCUT2D eigenvalue weighted by atomic mass is 15.2. The maximum Gasteiger partial charge on any atom is 0.134 e. The van der Waals surface area contributed by atoms with Crippen molar-refractivity contribution in [3.63, 3.8) is 0 Å². The van der Waals surface area contributed by atoms with Gasteiger partial charge in [0.05, 0.1) is 0 Å². The first kappa shape index (κ1) is 17.7. The maximum absolute atomic E-state index is 4.78. The monoisotopic (exact) mass is 292 g/mol. The molecule has 0 bridgehead atoms. The molecule has 1 aromatic heterocycles. The molecule has 0 aliphatic heterocycles. The molecule has 1 rings (SSSR count). The van der Waals surface area contributed by atoms with Crippen molar-refractivity contribution in [1.29, 1.82) is 0 Å². The van der Waals surface area contributed by atoms with Gasteiger partial charge in [0.15, 0.2) is 0 Å². The summed E-state index contributed by atoms with van der Waals surface area (Å²) >= 11 is 0. The van der Waals surface area contributed by atoms with Gasteiger partial charge in [-0.1, -0.05) is 27.7 Å². The highest BCUT2D eigenvalue weighted by Crippen LogP contribution is 2.20. The molecule has 0 amide bonds. The van der Waals surface area contributed by atoms with Crippen molar-refractivity contribution in [3.8, 4) is 0 Å². The molecule has 0 aromatic carbocycles. The maximum atomic E-state index is 4.78. The van der Waals surface area contributed by atoms with Crippen LogP contribution < -0.4 is 10.2 Å². The molecule has 1 heterocycles. The van der Waals surface area contributed by atoms with Crippen molar-refractivity contribution in [2.45, 2.75) is 66.8 Å². The van der Waals surface area contributed by atoms with Gasteiger partial charge in [0, 0.05) is 31.6 Å². The molecular formula is C17H32N4. The van der Waals surface area contributed by atoms with Crippen molar-refractivity contribution < 1.29 is 0 Å². The van der Waals surface area contributed by atoms with Crippen LogP contribution in [0, 0.1) is 5.92 Å². The zero-order valence-electron chi connectivity index (χ0n) is 14.6. The Morgan fingerprint density at radius 1 is 1.10 bits per heavy atom. The third-order valence-corrected chi connectivity index (χ3v) is 3.27. The Labute approximate surface area is 130 Å². The molecular weight excluding hydrogens is 260 g/mol. The van der Waals surface area contributed by atoms with E-state index in [-0.39, 0.29) is 0 Å². The summed E-state index contributed by atoms with van der Waals surface area (Å²) < 4.78 is 0. The lowest BCUT2D eigenvalue weighted by molar-refractivity contribution is 0.564. The number of anilines is 2. The molecule has 1 N–H and O–H groups in total. The number of aryl methyl sites for hydroxylation is 1. The van der Waals surface area contributed by atoms with E-state index < -0.39 is 0 Å². The standard InChI is InChI=1S/C17H32N4/c1-7-9-15-19-16(18-10-8-2)11-17(20-15)21(14(5)6)12-13(3)4/h11,13-14H,7-10,12H2,1-6H3,(H,18,19,20). The first-order chi connectivity index (χ1) is 9.97. The van der Waals surface area contributed by atoms with Gasteiger partial charge >= 0.3 is 0 Å². The second-order valence-electron chi connectivity index (χ2n) is 6.34. The average molecular weight is 292 g/mol. The normalized spacial score (nSPS) is 11.2. The largest absolute Gasteiger partial charge is 0.370 e. The lowest BCUT2D eigenvalue weighted by Gasteiger charge is -2.30. The Morgan fingerprint density at radius 2 is 1.81 bits per heavy atom. The molecule has 120 valence electrons. The molecule has 1 aromatic rings. The molecule has 0 atom stereocenters. The molecule has 21 heavy (non-hydrogen) atoms. The number of hydrogen-bond donors (Lipinski definition) is 1. The predicted octanol–water partition coefficient (Wildman–Crippen LogP) is 4.12. The summed E-state index contributed by atoms with van der Waals surface area (Å²) in [6.45, 7) is 15.3. The Hall–Kier alpha value is -1.32. The van der Waals surface area contributed by atoms with E-state index in [1.165, 1.54) is 0 Å². The van der Waals surface area contributed by atoms with Gasteiger partial charge in [-0.3, -0.25) is 0 Å². The molecule has 4 heteroatoms. The molecule has 0 aliphatic rings. The van der Waals surface area contributed by atoms with Crippen molar-refractivity contribution in [2.75, 3.05) is 23.3 Å². The minimum atomic E-state index is 0.441. The van der Waals surface area contributed by atoms with E-state index in [0.717, 1.165) is 49.8 Å². The van der Waals surface area contributed by atoms with Crippen LogP contribution in [0.1, 0.15) is 60.2 Å². The van der Waals surface area contributed by atoms with E-state index in [4.69, 9.17) is 4.98 Å². The summed E-state index contributed by atoms with van der Waals surface area (Å²) in [7, 11) is 0. The summed E-state index contributed by atoms with van der Waals surface area (Å²) in [4.78, 5) is 11.8. The number of rotatable bonds is 9. The smallest absolute Gasteiger partial charge is 0.134 e. The van der Waals surface area contributed by atoms with Crippen LogP contribution in [0.5, 0.6) is 0 Å². The zero-order valence-corrected chi connectivity index (χ0v) is 14.6. The molecule has 0 spiro atoms. The number of hydrogen-bond acceptors (Lipinski definition) is 4. The minimum Gasteiger partial charge on any atom is -0.370 e. The predicted molar refractivity (Wildman–Crippen MR) is 92.1 cm³/mol. The van der Waals surface area contributed by atoms with E-state index in [2.05, 4.69) is 62.8 Å². The first-order valence-electron chi connectivity index (χ1n) is 8.36. The third kappa shape index (κ3) is 5.90. The highest BCUT2D eigenvalue weighted by molar-refractivity contribution is 5.50. The zero-order chi connectivity index (χ0) is 15.8. The van der Waals surface area contributed by atoms with Crippen LogP contribution >= 0.6 is 0 Å². The van der Waals surface area contributed by atoms with E-state index in [1.807, 2.05) is 0 Å². The summed E-state index contributed by atoms with van der Waals surface area (Å²) in [6.07, 6.45) is 3.10. The Bertz CT molecular complexity index is 415. The van der Waals surface area contributed by atoms with Crippen LogP contribution in [-0.4, -0.2) is 29.1 Å². The van der Waals surface area contributed by atoms with Crippen molar-refractivity contribution in [1.82, 2.24) is 9.97 Å². The van der Waals surface area contributed by atoms with Gasteiger partial charge in [0.2, 0.25) is 0 Å². The lowest BCUT2D eigenvalue weighted by Crippen LogP contribution is -2.35. The van der Waals surface area contributed by atoms with Gasteiger partial charge in [0.25, 0.3) is 0 Å². The van der Waals surface area contributed by atoms with E-state index >= 15 is 0 Å². The number of nitrogens with one attached hydrogen (secondary N) is 1. The van der Waals surface area contributed by atoms with Crippen LogP contribution in [0.4, 0.5) is 11.6 Å². The lowest BCUT2D eigenvalue weighted by atomic mass is 10.2. The second kappa shape index (κ2) is 8.85. The molecule has 4 nitrogen and oxygen atoms in total. The van der Waals surface area contributed by atoms with Crippen LogP contribution in [0.2, 0.25) is 0 Å². The molecule has 0 fully saturated rings. The SMILES string of the molecule is CCCNc1cc(N(CC(C)C)C(C)C)nc(CCC)n1. The third-order valence-electron chi connectivity index (χ3n) is 3.27. The quantitative estimate of drug-likeness (QED) is 0.743. The van der Waals surface area contributed by atoms with Crippen molar-refractivity contribution in [3.05, 3.63) is 11.9 Å². The molecule has 0 saturated heterocycles. The second-order valence-corrected chi connectivity index (χ2v) is 6.34. The first-order valence-corrected chi connectivity index (χ1v) is 8.36. The summed E-state index contributed by atoms with van der Waals surface area (Å²) in [5, 5.41) is 3.40. The van der Waals surface area contributed by atoms with Crippen molar-refractivity contribution in [2.24, 2.45) is 5.92 Å². The minimum absolute atomic E-state index is 0.441. The fourth-order valence-electron chi connectivity index (χ4n) is 2.27. The highest BCUT2D eigenvalue weighted by Gasteiger charge is 2.15. The van der Waals surface area contributed by atoms with Gasteiger partial charge in [-0.15, -0.1) is 0 Å². The fraction of sp³-hybridized carbons (Fsp3) is 0.765. The van der Waals surface area contributed by atoms with Crippen LogP contribution in [0.25, 0.3) is 0 Å². The van der Waals surface area contributed by atoms with Gasteiger partial charge in [-0.2, -0.15) is 0 Å². The van der Waals surface area contributed by atoms with Gasteiger partial charge in [-0.25, -0.2) is 9.97 Å². The van der Waals surface area contributed by atoms with E-state index in [1.54, 1.807) is 0 Å². The average Bonchev–Trinajstić information content (AvgIpc) is 2.42. The van der Waals surface area contributed by atoms with Gasteiger partial charge in [0.1, 0.15) is 17.5 Å². The molecule has 0 unspecified atom stereocenters.